The molecule has 5 atom stereocenters. The molecule has 4 N–H and O–H groups in total. The van der Waals surface area contributed by atoms with Crippen molar-refractivity contribution in [3.8, 4) is 0 Å². The van der Waals surface area contributed by atoms with Crippen LogP contribution in [-0.4, -0.2) is 95.0 Å². The maximum atomic E-state index is 14.5. The Bertz CT molecular complexity index is 1470. The summed E-state index contributed by atoms with van der Waals surface area (Å²) in [4.78, 5) is 69.6. The second-order valence-electron chi connectivity index (χ2n) is 18.2. The number of likely N-dealkylation sites (tertiary alicyclic amines) is 1. The molecule has 1 aliphatic heterocycles. The van der Waals surface area contributed by atoms with Gasteiger partial charge in [-0.25, -0.2) is 13.2 Å². The van der Waals surface area contributed by atoms with Crippen molar-refractivity contribution in [3.05, 3.63) is 0 Å². The average molecular weight is 706 g/mol. The van der Waals surface area contributed by atoms with Crippen molar-refractivity contribution in [2.24, 2.45) is 22.7 Å². The third-order valence-corrected chi connectivity index (χ3v) is 14.8. The molecule has 0 aromatic carbocycles. The van der Waals surface area contributed by atoms with Gasteiger partial charge in [-0.3, -0.25) is 24.5 Å². The van der Waals surface area contributed by atoms with Crippen molar-refractivity contribution in [1.82, 2.24) is 26.2 Å². The number of nitrogens with zero attached hydrogens (tertiary/aromatic N) is 1. The van der Waals surface area contributed by atoms with Gasteiger partial charge in [-0.05, 0) is 75.5 Å². The maximum absolute atomic E-state index is 14.5. The van der Waals surface area contributed by atoms with E-state index in [0.717, 1.165) is 32.1 Å². The molecule has 1 saturated heterocycles. The van der Waals surface area contributed by atoms with Gasteiger partial charge in [0.15, 0.2) is 15.4 Å². The number of ketones is 2. The summed E-state index contributed by atoms with van der Waals surface area (Å²) >= 11 is 0. The Morgan fingerprint density at radius 1 is 0.939 bits per heavy atom. The molecule has 0 radical (unpaired) electrons. The monoisotopic (exact) mass is 705 g/mol. The zero-order valence-electron chi connectivity index (χ0n) is 31.0. The van der Waals surface area contributed by atoms with E-state index in [-0.39, 0.29) is 40.9 Å². The summed E-state index contributed by atoms with van der Waals surface area (Å²) < 4.78 is 25.7. The lowest BCUT2D eigenvalue weighted by Gasteiger charge is -2.41. The highest BCUT2D eigenvalue weighted by atomic mass is 32.2. The molecule has 0 aromatic heterocycles. The number of fused-ring (bicyclic) bond motifs is 1. The van der Waals surface area contributed by atoms with Crippen LogP contribution >= 0.6 is 0 Å². The molecular formula is C36H59N5O7S. The molecule has 2 unspecified atom stereocenters. The fourth-order valence-electron chi connectivity index (χ4n) is 8.44. The van der Waals surface area contributed by atoms with E-state index in [1.807, 2.05) is 27.7 Å². The number of hydrogen-bond donors (Lipinski definition) is 4. The molecule has 5 aliphatic rings. The molecule has 1 heterocycles. The summed E-state index contributed by atoms with van der Waals surface area (Å²) in [5.74, 6) is -1.99. The molecule has 12 nitrogen and oxygen atoms in total. The molecule has 0 spiro atoms. The Balaban J connectivity index is 1.36. The van der Waals surface area contributed by atoms with Crippen LogP contribution in [0.3, 0.4) is 0 Å². The second kappa shape index (κ2) is 12.6. The Kier molecular flexibility index (Phi) is 9.69. The van der Waals surface area contributed by atoms with Gasteiger partial charge in [0.1, 0.15) is 12.1 Å². The zero-order chi connectivity index (χ0) is 36.5. The van der Waals surface area contributed by atoms with Crippen molar-refractivity contribution in [1.29, 1.82) is 0 Å². The number of urea groups is 1. The van der Waals surface area contributed by atoms with Crippen molar-refractivity contribution >= 4 is 39.2 Å². The van der Waals surface area contributed by atoms with Crippen molar-refractivity contribution in [3.63, 3.8) is 0 Å². The first kappa shape index (κ1) is 37.7. The first-order chi connectivity index (χ1) is 22.5. The number of piperidine rings is 1. The van der Waals surface area contributed by atoms with E-state index < -0.39 is 66.8 Å². The Morgan fingerprint density at radius 3 is 2.02 bits per heavy atom. The Hall–Kier alpha value is -2.54. The van der Waals surface area contributed by atoms with Crippen LogP contribution in [0.2, 0.25) is 0 Å². The quantitative estimate of drug-likeness (QED) is 0.177. The molecule has 5 fully saturated rings. The Morgan fingerprint density at radius 2 is 1.53 bits per heavy atom. The van der Waals surface area contributed by atoms with Gasteiger partial charge in [0, 0.05) is 12.6 Å². The van der Waals surface area contributed by atoms with Gasteiger partial charge in [-0.2, -0.15) is 0 Å². The molecule has 4 aliphatic carbocycles. The van der Waals surface area contributed by atoms with Gasteiger partial charge in [-0.15, -0.1) is 0 Å². The minimum absolute atomic E-state index is 0.0778. The second-order valence-corrected chi connectivity index (χ2v) is 21.0. The van der Waals surface area contributed by atoms with Gasteiger partial charge in [0.2, 0.25) is 23.4 Å². The fourth-order valence-corrected chi connectivity index (χ4v) is 9.96. The summed E-state index contributed by atoms with van der Waals surface area (Å²) in [6.45, 7) is 17.0. The van der Waals surface area contributed by atoms with Gasteiger partial charge >= 0.3 is 6.03 Å². The Labute approximate surface area is 292 Å². The minimum atomic E-state index is -3.56. The fraction of sp³-hybridized carbons (Fsp3) is 0.861. The van der Waals surface area contributed by atoms with Crippen LogP contribution in [0.4, 0.5) is 4.79 Å². The number of carbonyl (C=O) groups excluding carboxylic acids is 5. The summed E-state index contributed by atoms with van der Waals surface area (Å²) in [5.41, 5.74) is -3.27. The molecule has 49 heavy (non-hydrogen) atoms. The highest BCUT2D eigenvalue weighted by Gasteiger charge is 2.73. The minimum Gasteiger partial charge on any atom is -0.349 e. The molecule has 5 rings (SSSR count). The van der Waals surface area contributed by atoms with Crippen LogP contribution < -0.4 is 21.3 Å². The lowest BCUT2D eigenvalue weighted by Crippen LogP contribution is -2.64. The summed E-state index contributed by atoms with van der Waals surface area (Å²) in [7, 11) is -3.56. The molecule has 4 saturated carbocycles. The third-order valence-electron chi connectivity index (χ3n) is 12.0. The van der Waals surface area contributed by atoms with Gasteiger partial charge in [-0.1, -0.05) is 67.2 Å². The first-order valence-electron chi connectivity index (χ1n) is 18.3. The van der Waals surface area contributed by atoms with E-state index in [2.05, 4.69) is 35.1 Å². The standard InChI is InChI=1S/C36H59N5O7S/c1-10-14-23(36(27(42)28(36)43)39-21-15-16-21)37-29(44)25-24-22(34(24,8)9)19-41(25)30(45)26(32(2,3)4)38-31(46)40-35(17-12-11-13-18-35)20-49(47,48)33(5,6)7/h21-26,39H,10-20H2,1-9H3,(H,37,44)(H2,38,40,46)/t22?,23-,24?,25+,26-/m1/s1. The molecule has 0 aromatic rings. The molecular weight excluding hydrogens is 646 g/mol. The van der Waals surface area contributed by atoms with Gasteiger partial charge in [0.25, 0.3) is 0 Å². The number of rotatable bonds is 12. The van der Waals surface area contributed by atoms with E-state index >= 15 is 0 Å². The number of hydrogen-bond acceptors (Lipinski definition) is 8. The zero-order valence-corrected chi connectivity index (χ0v) is 31.8. The van der Waals surface area contributed by atoms with Crippen LogP contribution in [0.15, 0.2) is 0 Å². The molecule has 276 valence electrons. The first-order valence-corrected chi connectivity index (χ1v) is 20.0. The summed E-state index contributed by atoms with van der Waals surface area (Å²) in [6, 6.07) is -3.09. The van der Waals surface area contributed by atoms with Gasteiger partial charge in [0.05, 0.1) is 22.1 Å². The lowest BCUT2D eigenvalue weighted by atomic mass is 9.83. The largest absolute Gasteiger partial charge is 0.349 e. The third kappa shape index (κ3) is 7.04. The van der Waals surface area contributed by atoms with E-state index in [0.29, 0.717) is 32.2 Å². The van der Waals surface area contributed by atoms with Crippen molar-refractivity contribution in [2.75, 3.05) is 12.3 Å². The lowest BCUT2D eigenvalue weighted by molar-refractivity contribution is -0.144. The summed E-state index contributed by atoms with van der Waals surface area (Å²) in [5, 5.41) is 12.2. The SMILES string of the molecule is CCC[C@@H](NC(=O)[C@@H]1C2C(CN1C(=O)[C@@H](NC(=O)NC1(CS(=O)(=O)C(C)(C)C)CCCCC1)C(C)(C)C)C2(C)C)C1(NC2CC2)C(=O)C1=O. The maximum Gasteiger partial charge on any atom is 0.315 e. The van der Waals surface area contributed by atoms with Gasteiger partial charge < -0.3 is 20.9 Å². The highest BCUT2D eigenvalue weighted by molar-refractivity contribution is 7.92. The highest BCUT2D eigenvalue weighted by Crippen LogP contribution is 2.65. The van der Waals surface area contributed by atoms with E-state index in [1.54, 1.807) is 25.7 Å². The van der Waals surface area contributed by atoms with E-state index in [1.165, 1.54) is 0 Å². The van der Waals surface area contributed by atoms with Crippen molar-refractivity contribution < 1.29 is 32.4 Å². The van der Waals surface area contributed by atoms with Crippen LogP contribution in [-0.2, 0) is 29.0 Å². The number of amides is 4. The van der Waals surface area contributed by atoms with Crippen LogP contribution in [0, 0.1) is 22.7 Å². The van der Waals surface area contributed by atoms with E-state index in [4.69, 9.17) is 0 Å². The predicted octanol–water partition coefficient (Wildman–Crippen LogP) is 3.03. The van der Waals surface area contributed by atoms with E-state index in [9.17, 15) is 32.4 Å². The van der Waals surface area contributed by atoms with Crippen LogP contribution in [0.1, 0.15) is 120 Å². The normalized spacial score (nSPS) is 28.3. The van der Waals surface area contributed by atoms with Crippen LogP contribution in [0.5, 0.6) is 0 Å². The number of Topliss-reactive ketones (excluding diaryl/α,β-unsaturated/α-hetero) is 2. The molecule has 13 heteroatoms. The predicted molar refractivity (Wildman–Crippen MR) is 186 cm³/mol. The van der Waals surface area contributed by atoms with Crippen molar-refractivity contribution in [2.45, 2.75) is 160 Å². The summed E-state index contributed by atoms with van der Waals surface area (Å²) in [6.07, 6.45) is 6.42. The molecule has 0 bridgehead atoms. The topological polar surface area (TPSA) is 171 Å². The molecule has 4 amide bonds. The number of sulfone groups is 1. The number of nitrogens with one attached hydrogen (secondary N) is 4. The number of carbonyl (C=O) groups is 5. The average Bonchev–Trinajstić information content (AvgIpc) is 3.91. The smallest absolute Gasteiger partial charge is 0.315 e. The van der Waals surface area contributed by atoms with Crippen LogP contribution in [0.25, 0.3) is 0 Å².